The van der Waals surface area contributed by atoms with Crippen molar-refractivity contribution in [1.82, 2.24) is 0 Å². The molecule has 4 aliphatic heterocycles. The van der Waals surface area contributed by atoms with Gasteiger partial charge in [-0.05, 0) is 51.0 Å². The van der Waals surface area contributed by atoms with E-state index in [2.05, 4.69) is 6.58 Å². The molecule has 0 aromatic carbocycles. The average molecular weight is 845 g/mol. The van der Waals surface area contributed by atoms with Crippen LogP contribution in [0.3, 0.4) is 0 Å². The van der Waals surface area contributed by atoms with Crippen LogP contribution >= 0.6 is 0 Å². The number of rotatable bonds is 8. The van der Waals surface area contributed by atoms with E-state index < -0.39 is 89.1 Å². The number of allylic oxidation sites excluding steroid dienone is 3. The molecule has 336 valence electrons. The Morgan fingerprint density at radius 1 is 0.933 bits per heavy atom. The van der Waals surface area contributed by atoms with E-state index in [1.807, 2.05) is 26.8 Å². The van der Waals surface area contributed by atoms with Crippen LogP contribution in [0.5, 0.6) is 0 Å². The molecular formula is C46H68O14. The second-order valence-electron chi connectivity index (χ2n) is 17.8. The van der Waals surface area contributed by atoms with Crippen molar-refractivity contribution >= 4 is 17.9 Å². The van der Waals surface area contributed by atoms with Crippen LogP contribution in [0.25, 0.3) is 0 Å². The van der Waals surface area contributed by atoms with E-state index in [4.69, 9.17) is 33.2 Å². The Kier molecular flexibility index (Phi) is 17.1. The summed E-state index contributed by atoms with van der Waals surface area (Å²) in [5.41, 5.74) is -1.20. The third-order valence-electron chi connectivity index (χ3n) is 12.0. The summed E-state index contributed by atoms with van der Waals surface area (Å²) in [4.78, 5) is 38.8. The minimum Gasteiger partial charge on any atom is -0.493 e. The van der Waals surface area contributed by atoms with Gasteiger partial charge in [0.2, 0.25) is 5.79 Å². The molecule has 0 spiro atoms. The largest absolute Gasteiger partial charge is 0.493 e. The van der Waals surface area contributed by atoms with Crippen LogP contribution < -0.4 is 0 Å². The third kappa shape index (κ3) is 12.7. The fraction of sp³-hybridized carbons (Fsp3) is 0.674. The molecule has 10 unspecified atom stereocenters. The van der Waals surface area contributed by atoms with Gasteiger partial charge in [0.05, 0.1) is 56.6 Å². The van der Waals surface area contributed by atoms with E-state index >= 15 is 0 Å². The summed E-state index contributed by atoms with van der Waals surface area (Å²) in [5.74, 6) is -5.94. The minimum absolute atomic E-state index is 0.0000423. The number of aliphatic hydroxyl groups is 4. The maximum atomic E-state index is 13.4. The number of hydrogen-bond acceptors (Lipinski definition) is 14. The molecule has 3 saturated heterocycles. The van der Waals surface area contributed by atoms with Crippen molar-refractivity contribution in [2.24, 2.45) is 10.8 Å². The van der Waals surface area contributed by atoms with Gasteiger partial charge in [0.15, 0.2) is 11.9 Å². The van der Waals surface area contributed by atoms with Crippen LogP contribution in [0.15, 0.2) is 72.1 Å². The standard InChI is InChI=1S/C46H68O14/c1-10-11-12-13-14-15-39(49)58-42-32(25-41(51)55-9)24-36-27-38(30(3)47)56-29(2)20-33(48)26-35-17-18-43(4,5)45(52,59-35)28-37-22-31(23-40(50)54-8)21-34(57-37)16-19-44(6,7)46(42,53)60-36/h12-16,19,23,25,30,33-38,42,47-48,52-53H,2,10-11,17-18,20-22,24,26-28H2,1,3-9H3/b13-12+,15-14+,19-16+,31-23+,32-25+. The summed E-state index contributed by atoms with van der Waals surface area (Å²) in [6, 6.07) is 0. The zero-order valence-corrected chi connectivity index (χ0v) is 36.6. The summed E-state index contributed by atoms with van der Waals surface area (Å²) in [7, 11) is 2.50. The highest BCUT2D eigenvalue weighted by Gasteiger charge is 2.58. The maximum absolute atomic E-state index is 13.4. The van der Waals surface area contributed by atoms with Gasteiger partial charge in [0, 0.05) is 54.7 Å². The Balaban J connectivity index is 1.85. The van der Waals surface area contributed by atoms with Gasteiger partial charge in [-0.3, -0.25) is 0 Å². The monoisotopic (exact) mass is 844 g/mol. The van der Waals surface area contributed by atoms with Crippen LogP contribution in [0.4, 0.5) is 0 Å². The molecule has 3 fully saturated rings. The first-order valence-corrected chi connectivity index (χ1v) is 21.1. The van der Waals surface area contributed by atoms with Crippen molar-refractivity contribution in [3.05, 3.63) is 72.1 Å². The van der Waals surface area contributed by atoms with Gasteiger partial charge < -0.3 is 53.6 Å². The van der Waals surface area contributed by atoms with E-state index in [1.54, 1.807) is 32.1 Å². The molecule has 0 aromatic rings. The van der Waals surface area contributed by atoms with Crippen LogP contribution in [0.1, 0.15) is 112 Å². The molecule has 0 saturated carbocycles. The van der Waals surface area contributed by atoms with Crippen LogP contribution in [-0.2, 0) is 47.5 Å². The fourth-order valence-electron chi connectivity index (χ4n) is 8.28. The lowest BCUT2D eigenvalue weighted by Crippen LogP contribution is -2.62. The van der Waals surface area contributed by atoms with Crippen molar-refractivity contribution in [2.75, 3.05) is 14.2 Å². The maximum Gasteiger partial charge on any atom is 0.331 e. The third-order valence-corrected chi connectivity index (χ3v) is 12.0. The van der Waals surface area contributed by atoms with Gasteiger partial charge in [0.25, 0.3) is 0 Å². The number of hydrogen-bond donors (Lipinski definition) is 4. The minimum atomic E-state index is -2.35. The quantitative estimate of drug-likeness (QED) is 0.0761. The number of ether oxygens (including phenoxy) is 7. The van der Waals surface area contributed by atoms with Gasteiger partial charge in [-0.1, -0.05) is 83.6 Å². The number of aliphatic hydroxyl groups excluding tert-OH is 2. The number of carbonyl (C=O) groups is 3. The second kappa shape index (κ2) is 21.0. The fourth-order valence-corrected chi connectivity index (χ4v) is 8.28. The Morgan fingerprint density at radius 2 is 1.63 bits per heavy atom. The summed E-state index contributed by atoms with van der Waals surface area (Å²) < 4.78 is 41.6. The van der Waals surface area contributed by atoms with E-state index in [1.165, 1.54) is 45.4 Å². The first-order chi connectivity index (χ1) is 28.1. The lowest BCUT2D eigenvalue weighted by Gasteiger charge is -2.51. The number of carbonyl (C=O) groups excluding carboxylic acids is 3. The molecule has 4 heterocycles. The Labute approximate surface area is 354 Å². The van der Waals surface area contributed by atoms with Gasteiger partial charge >= 0.3 is 17.9 Å². The molecule has 14 nitrogen and oxygen atoms in total. The van der Waals surface area contributed by atoms with Crippen LogP contribution in [0, 0.1) is 10.8 Å². The van der Waals surface area contributed by atoms with Gasteiger partial charge in [-0.25, -0.2) is 14.4 Å². The van der Waals surface area contributed by atoms with Crippen LogP contribution in [0.2, 0.25) is 0 Å². The van der Waals surface area contributed by atoms with E-state index in [-0.39, 0.29) is 49.9 Å². The summed E-state index contributed by atoms with van der Waals surface area (Å²) >= 11 is 0. The molecule has 10 atom stereocenters. The SMILES string of the molecule is C=C1CC(O)CC2CCC(C)(C)C(O)(CC3C/C(=C/C(=O)OC)CC(/C=C/C(C)(C)C4(O)OC(C/C(=C\C(=O)OC)C4OC(=O)/C=C/C=C/CCC)CC(C(C)O)O1)O3)O2. The Morgan fingerprint density at radius 3 is 2.30 bits per heavy atom. The summed E-state index contributed by atoms with van der Waals surface area (Å²) in [5, 5.41) is 47.3. The molecule has 0 aromatic heterocycles. The molecule has 4 aliphatic rings. The lowest BCUT2D eigenvalue weighted by atomic mass is 9.72. The van der Waals surface area contributed by atoms with Crippen molar-refractivity contribution < 1.29 is 68.0 Å². The van der Waals surface area contributed by atoms with Gasteiger partial charge in [-0.15, -0.1) is 0 Å². The molecule has 4 rings (SSSR count). The van der Waals surface area contributed by atoms with Gasteiger partial charge in [-0.2, -0.15) is 0 Å². The number of unbranched alkanes of at least 4 members (excludes halogenated alkanes) is 1. The zero-order chi connectivity index (χ0) is 44.5. The summed E-state index contributed by atoms with van der Waals surface area (Å²) in [6.45, 7) is 14.8. The highest BCUT2D eigenvalue weighted by atomic mass is 16.7. The molecular weight excluding hydrogens is 776 g/mol. The van der Waals surface area contributed by atoms with Crippen molar-refractivity contribution in [2.45, 2.75) is 173 Å². The van der Waals surface area contributed by atoms with E-state index in [9.17, 15) is 34.8 Å². The normalized spacial score (nSPS) is 36.3. The highest BCUT2D eigenvalue weighted by Crippen LogP contribution is 2.49. The average Bonchev–Trinajstić information content (AvgIpc) is 3.16. The second-order valence-corrected chi connectivity index (χ2v) is 17.8. The van der Waals surface area contributed by atoms with Gasteiger partial charge in [0.1, 0.15) is 6.10 Å². The first-order valence-electron chi connectivity index (χ1n) is 21.1. The Hall–Kier alpha value is -3.63. The van der Waals surface area contributed by atoms with E-state index in [0.717, 1.165) is 12.8 Å². The first kappa shape index (κ1) is 49.0. The van der Waals surface area contributed by atoms with Crippen LogP contribution in [-0.4, -0.2) is 113 Å². The Bertz CT molecular complexity index is 1670. The predicted molar refractivity (Wildman–Crippen MR) is 222 cm³/mol. The van der Waals surface area contributed by atoms with Crippen molar-refractivity contribution in [3.8, 4) is 0 Å². The topological polar surface area (TPSA) is 197 Å². The highest BCUT2D eigenvalue weighted by molar-refractivity contribution is 5.84. The van der Waals surface area contributed by atoms with Crippen molar-refractivity contribution in [1.29, 1.82) is 0 Å². The van der Waals surface area contributed by atoms with Crippen molar-refractivity contribution in [3.63, 3.8) is 0 Å². The number of methoxy groups -OCH3 is 2. The number of fused-ring (bicyclic) bond motifs is 6. The predicted octanol–water partition coefficient (Wildman–Crippen LogP) is 5.73. The molecule has 0 radical (unpaired) electrons. The lowest BCUT2D eigenvalue weighted by molar-refractivity contribution is -0.327. The molecule has 0 amide bonds. The molecule has 60 heavy (non-hydrogen) atoms. The number of esters is 3. The molecule has 6 bridgehead atoms. The molecule has 14 heteroatoms. The molecule has 0 aliphatic carbocycles. The smallest absolute Gasteiger partial charge is 0.331 e. The zero-order valence-electron chi connectivity index (χ0n) is 36.6. The molecule has 4 N–H and O–H groups in total. The summed E-state index contributed by atoms with van der Waals surface area (Å²) in [6.07, 6.45) is 8.77. The van der Waals surface area contributed by atoms with E-state index in [0.29, 0.717) is 24.8 Å².